The second-order valence-electron chi connectivity index (χ2n) is 3.22. The van der Waals surface area contributed by atoms with Crippen LogP contribution in [0.25, 0.3) is 0 Å². The van der Waals surface area contributed by atoms with Crippen LogP contribution in [-0.4, -0.2) is 21.2 Å². The molecule has 1 aromatic rings. The van der Waals surface area contributed by atoms with E-state index in [-0.39, 0.29) is 0 Å². The molecule has 0 saturated carbocycles. The van der Waals surface area contributed by atoms with Gasteiger partial charge in [0, 0.05) is 12.2 Å². The highest BCUT2D eigenvalue weighted by atomic mass is 31.2. The Morgan fingerprint density at radius 3 is 1.94 bits per heavy atom. The largest absolute Gasteiger partial charge is 0.466 e. The van der Waals surface area contributed by atoms with Crippen molar-refractivity contribution in [2.75, 3.05) is 12.0 Å². The molecular weight excluding hydrogens is 243 g/mol. The summed E-state index contributed by atoms with van der Waals surface area (Å²) in [6.45, 7) is 5.15. The van der Waals surface area contributed by atoms with Crippen molar-refractivity contribution in [3.63, 3.8) is 0 Å². The number of nitrogens with one attached hydrogen (secondary N) is 2. The van der Waals surface area contributed by atoms with E-state index >= 15 is 0 Å². The van der Waals surface area contributed by atoms with Crippen LogP contribution in [0.2, 0.25) is 0 Å². The second-order valence-corrected chi connectivity index (χ2v) is 4.25. The summed E-state index contributed by atoms with van der Waals surface area (Å²) in [4.78, 5) is 21.6. The van der Waals surface area contributed by atoms with Crippen molar-refractivity contribution in [3.8, 4) is 0 Å². The maximum atomic E-state index is 8.88. The van der Waals surface area contributed by atoms with Crippen molar-refractivity contribution < 1.29 is 19.2 Å². The summed E-state index contributed by atoms with van der Waals surface area (Å²) >= 11 is 0. The first-order valence-electron chi connectivity index (χ1n) is 5.23. The minimum atomic E-state index is -4.64. The maximum Gasteiger partial charge on any atom is 0.466 e. The average Bonchev–Trinajstić information content (AvgIpc) is 2.25. The summed E-state index contributed by atoms with van der Waals surface area (Å²) in [5, 5.41) is 0. The Morgan fingerprint density at radius 2 is 1.59 bits per heavy atom. The molecule has 1 aromatic carbocycles. The number of benzene rings is 1. The zero-order chi connectivity index (χ0) is 13.3. The van der Waals surface area contributed by atoms with Crippen molar-refractivity contribution in [2.45, 2.75) is 20.3 Å². The van der Waals surface area contributed by atoms with Gasteiger partial charge < -0.3 is 20.1 Å². The number of rotatable bonds is 4. The van der Waals surface area contributed by atoms with Crippen LogP contribution in [0, 0.1) is 0 Å². The van der Waals surface area contributed by atoms with Crippen LogP contribution in [0.1, 0.15) is 19.4 Å². The highest BCUT2D eigenvalue weighted by molar-refractivity contribution is 7.45. The smallest absolute Gasteiger partial charge is 0.322 e. The third-order valence-corrected chi connectivity index (χ3v) is 1.77. The Labute approximate surface area is 101 Å². The van der Waals surface area contributed by atoms with Gasteiger partial charge in [-0.05, 0) is 24.1 Å². The van der Waals surface area contributed by atoms with Crippen LogP contribution in [0.3, 0.4) is 0 Å². The first kappa shape index (κ1) is 16.1. The van der Waals surface area contributed by atoms with Gasteiger partial charge in [0.1, 0.15) is 0 Å². The third kappa shape index (κ3) is 11.4. The molecule has 0 spiro atoms. The summed E-state index contributed by atoms with van der Waals surface area (Å²) in [6.07, 6.45) is 1.10. The fourth-order valence-electron chi connectivity index (χ4n) is 1.01. The zero-order valence-corrected chi connectivity index (χ0v) is 10.8. The maximum absolute atomic E-state index is 8.88. The lowest BCUT2D eigenvalue weighted by Gasteiger charge is -2.06. The van der Waals surface area contributed by atoms with Gasteiger partial charge in [-0.15, -0.1) is 0 Å². The van der Waals surface area contributed by atoms with E-state index in [0.29, 0.717) is 0 Å². The Morgan fingerprint density at radius 1 is 1.12 bits per heavy atom. The van der Waals surface area contributed by atoms with Crippen molar-refractivity contribution >= 4 is 13.5 Å². The lowest BCUT2D eigenvalue weighted by atomic mass is 10.2. The standard InChI is InChI=1S/C10H16N2.H3O4P/c1-3-9-5-7-10(8-6-9)12-11-4-2;1-5(2,3)4/h5-8,11-12H,3-4H2,1-2H3;(H3,1,2,3,4). The Hall–Kier alpha value is -0.910. The molecule has 0 heterocycles. The molecule has 0 fully saturated rings. The van der Waals surface area contributed by atoms with Gasteiger partial charge in [0.2, 0.25) is 0 Å². The molecule has 0 unspecified atom stereocenters. The van der Waals surface area contributed by atoms with Crippen LogP contribution in [0.5, 0.6) is 0 Å². The molecule has 1 rings (SSSR count). The fourth-order valence-corrected chi connectivity index (χ4v) is 1.01. The monoisotopic (exact) mass is 262 g/mol. The first-order valence-corrected chi connectivity index (χ1v) is 6.79. The lowest BCUT2D eigenvalue weighted by molar-refractivity contribution is 0.275. The molecule has 0 aliphatic rings. The number of phosphoric acid groups is 1. The molecule has 0 amide bonds. The van der Waals surface area contributed by atoms with Crippen LogP contribution >= 0.6 is 7.82 Å². The number of hydrogen-bond donors (Lipinski definition) is 5. The van der Waals surface area contributed by atoms with Gasteiger partial charge in [-0.1, -0.05) is 26.0 Å². The van der Waals surface area contributed by atoms with E-state index in [1.54, 1.807) is 0 Å². The molecule has 7 heteroatoms. The predicted octanol–water partition coefficient (Wildman–Crippen LogP) is 1.26. The average molecular weight is 262 g/mol. The van der Waals surface area contributed by atoms with E-state index in [2.05, 4.69) is 49.0 Å². The molecule has 0 radical (unpaired) electrons. The lowest BCUT2D eigenvalue weighted by Crippen LogP contribution is -2.20. The molecule has 0 aliphatic carbocycles. The number of hydrogen-bond acceptors (Lipinski definition) is 3. The molecule has 0 bridgehead atoms. The van der Waals surface area contributed by atoms with Crippen LogP contribution in [0.4, 0.5) is 5.69 Å². The van der Waals surface area contributed by atoms with Crippen molar-refractivity contribution in [2.24, 2.45) is 0 Å². The van der Waals surface area contributed by atoms with Crippen LogP contribution in [-0.2, 0) is 11.0 Å². The van der Waals surface area contributed by atoms with E-state index in [1.165, 1.54) is 5.56 Å². The van der Waals surface area contributed by atoms with Crippen LogP contribution < -0.4 is 10.9 Å². The van der Waals surface area contributed by atoms with E-state index in [0.717, 1.165) is 18.7 Å². The Balaban J connectivity index is 0.000000437. The van der Waals surface area contributed by atoms with Gasteiger partial charge in [0.15, 0.2) is 0 Å². The predicted molar refractivity (Wildman–Crippen MR) is 67.4 cm³/mol. The van der Waals surface area contributed by atoms with Gasteiger partial charge >= 0.3 is 7.82 Å². The molecule has 5 N–H and O–H groups in total. The van der Waals surface area contributed by atoms with Gasteiger partial charge in [-0.25, -0.2) is 9.99 Å². The third-order valence-electron chi connectivity index (χ3n) is 1.77. The number of aryl methyl sites for hydroxylation is 1. The Kier molecular flexibility index (Phi) is 7.78. The SMILES string of the molecule is CCNNc1ccc(CC)cc1.O=P(O)(O)O. The zero-order valence-electron chi connectivity index (χ0n) is 9.92. The Bertz CT molecular complexity index is 342. The van der Waals surface area contributed by atoms with Gasteiger partial charge in [-0.3, -0.25) is 0 Å². The van der Waals surface area contributed by atoms with Gasteiger partial charge in [-0.2, -0.15) is 0 Å². The van der Waals surface area contributed by atoms with Crippen molar-refractivity contribution in [3.05, 3.63) is 29.8 Å². The van der Waals surface area contributed by atoms with Crippen LogP contribution in [0.15, 0.2) is 24.3 Å². The van der Waals surface area contributed by atoms with E-state index in [1.807, 2.05) is 0 Å². The van der Waals surface area contributed by atoms with Gasteiger partial charge in [0.25, 0.3) is 0 Å². The quantitative estimate of drug-likeness (QED) is 0.413. The minimum Gasteiger partial charge on any atom is -0.322 e. The van der Waals surface area contributed by atoms with Crippen molar-refractivity contribution in [1.82, 2.24) is 5.43 Å². The molecular formula is C10H19N2O4P. The summed E-state index contributed by atoms with van der Waals surface area (Å²) in [5.74, 6) is 0. The van der Waals surface area contributed by atoms with E-state index in [4.69, 9.17) is 19.2 Å². The normalized spacial score (nSPS) is 10.4. The van der Waals surface area contributed by atoms with E-state index in [9.17, 15) is 0 Å². The van der Waals surface area contributed by atoms with Crippen molar-refractivity contribution in [1.29, 1.82) is 0 Å². The molecule has 0 saturated heterocycles. The first-order chi connectivity index (χ1) is 7.86. The highest BCUT2D eigenvalue weighted by Crippen LogP contribution is 2.25. The number of anilines is 1. The fraction of sp³-hybridized carbons (Fsp3) is 0.400. The molecule has 0 atom stereocenters. The molecule has 98 valence electrons. The molecule has 0 aromatic heterocycles. The summed E-state index contributed by atoms with van der Waals surface area (Å²) in [5.41, 5.74) is 8.64. The highest BCUT2D eigenvalue weighted by Gasteiger charge is 2.00. The summed E-state index contributed by atoms with van der Waals surface area (Å²) in [6, 6.07) is 8.45. The van der Waals surface area contributed by atoms with E-state index < -0.39 is 7.82 Å². The van der Waals surface area contributed by atoms with Gasteiger partial charge in [0.05, 0.1) is 0 Å². The summed E-state index contributed by atoms with van der Waals surface area (Å²) in [7, 11) is -4.64. The minimum absolute atomic E-state index is 0.926. The topological polar surface area (TPSA) is 102 Å². The number of hydrazine groups is 1. The molecule has 17 heavy (non-hydrogen) atoms. The molecule has 6 nitrogen and oxygen atoms in total. The second kappa shape index (κ2) is 8.22. The molecule has 0 aliphatic heterocycles. The summed E-state index contributed by atoms with van der Waals surface area (Å²) < 4.78 is 8.88.